The molecule has 1 aliphatic heterocycles. The SMILES string of the molecule is Cc1noc(CCN2CC(C3CC3)NCC2C(C)C)n1. The molecule has 3 rings (SSSR count). The van der Waals surface area contributed by atoms with Gasteiger partial charge in [-0.05, 0) is 31.6 Å². The largest absolute Gasteiger partial charge is 0.339 e. The van der Waals surface area contributed by atoms with E-state index < -0.39 is 0 Å². The fourth-order valence-electron chi connectivity index (χ4n) is 3.26. The van der Waals surface area contributed by atoms with Crippen molar-refractivity contribution in [2.75, 3.05) is 19.6 Å². The predicted octanol–water partition coefficient (Wildman–Crippen LogP) is 1.63. The molecule has 2 heterocycles. The summed E-state index contributed by atoms with van der Waals surface area (Å²) >= 11 is 0. The van der Waals surface area contributed by atoms with Gasteiger partial charge in [0.15, 0.2) is 5.82 Å². The molecule has 112 valence electrons. The van der Waals surface area contributed by atoms with E-state index >= 15 is 0 Å². The van der Waals surface area contributed by atoms with Gasteiger partial charge in [0.2, 0.25) is 5.89 Å². The summed E-state index contributed by atoms with van der Waals surface area (Å²) in [6.07, 6.45) is 3.67. The first kappa shape index (κ1) is 14.0. The molecule has 20 heavy (non-hydrogen) atoms. The van der Waals surface area contributed by atoms with Crippen LogP contribution in [0, 0.1) is 18.8 Å². The number of hydrogen-bond acceptors (Lipinski definition) is 5. The van der Waals surface area contributed by atoms with Gasteiger partial charge in [-0.25, -0.2) is 0 Å². The third-order valence-corrected chi connectivity index (χ3v) is 4.63. The van der Waals surface area contributed by atoms with Gasteiger partial charge in [0.05, 0.1) is 0 Å². The number of hydrogen-bond donors (Lipinski definition) is 1. The lowest BCUT2D eigenvalue weighted by Gasteiger charge is -2.42. The minimum Gasteiger partial charge on any atom is -0.339 e. The lowest BCUT2D eigenvalue weighted by Crippen LogP contribution is -2.59. The van der Waals surface area contributed by atoms with Gasteiger partial charge in [-0.1, -0.05) is 19.0 Å². The maximum absolute atomic E-state index is 5.23. The van der Waals surface area contributed by atoms with Crippen LogP contribution in [0.2, 0.25) is 0 Å². The fraction of sp³-hybridized carbons (Fsp3) is 0.867. The van der Waals surface area contributed by atoms with Crippen LogP contribution < -0.4 is 5.32 Å². The Hall–Kier alpha value is -0.940. The van der Waals surface area contributed by atoms with Gasteiger partial charge in [-0.2, -0.15) is 4.98 Å². The molecule has 1 aromatic rings. The highest BCUT2D eigenvalue weighted by atomic mass is 16.5. The molecule has 1 saturated carbocycles. The smallest absolute Gasteiger partial charge is 0.227 e. The Morgan fingerprint density at radius 1 is 1.40 bits per heavy atom. The van der Waals surface area contributed by atoms with E-state index in [9.17, 15) is 0 Å². The van der Waals surface area contributed by atoms with Crippen molar-refractivity contribution in [2.45, 2.75) is 52.1 Å². The van der Waals surface area contributed by atoms with Crippen LogP contribution in [0.3, 0.4) is 0 Å². The van der Waals surface area contributed by atoms with Crippen molar-refractivity contribution in [1.82, 2.24) is 20.4 Å². The van der Waals surface area contributed by atoms with Crippen LogP contribution in [-0.2, 0) is 6.42 Å². The lowest BCUT2D eigenvalue weighted by molar-refractivity contribution is 0.0911. The molecule has 2 atom stereocenters. The van der Waals surface area contributed by atoms with E-state index in [1.807, 2.05) is 6.92 Å². The molecule has 0 spiro atoms. The van der Waals surface area contributed by atoms with Crippen LogP contribution >= 0.6 is 0 Å². The normalized spacial score (nSPS) is 28.2. The van der Waals surface area contributed by atoms with Gasteiger partial charge < -0.3 is 9.84 Å². The van der Waals surface area contributed by atoms with E-state index in [4.69, 9.17) is 4.52 Å². The summed E-state index contributed by atoms with van der Waals surface area (Å²) in [6.45, 7) is 9.80. The highest BCUT2D eigenvalue weighted by Gasteiger charge is 2.37. The van der Waals surface area contributed by atoms with E-state index in [0.717, 1.165) is 37.1 Å². The van der Waals surface area contributed by atoms with Gasteiger partial charge in [0.1, 0.15) is 0 Å². The zero-order valence-corrected chi connectivity index (χ0v) is 12.8. The minimum atomic E-state index is 0.619. The molecule has 5 nitrogen and oxygen atoms in total. The summed E-state index contributed by atoms with van der Waals surface area (Å²) in [6, 6.07) is 1.31. The molecule has 0 radical (unpaired) electrons. The molecular formula is C15H26N4O. The summed E-state index contributed by atoms with van der Waals surface area (Å²) in [5.41, 5.74) is 0. The maximum Gasteiger partial charge on any atom is 0.227 e. The van der Waals surface area contributed by atoms with Gasteiger partial charge >= 0.3 is 0 Å². The number of aryl methyl sites for hydroxylation is 1. The molecule has 1 aromatic heterocycles. The third kappa shape index (κ3) is 3.20. The summed E-state index contributed by atoms with van der Waals surface area (Å²) < 4.78 is 5.23. The van der Waals surface area contributed by atoms with E-state index in [-0.39, 0.29) is 0 Å². The number of rotatable bonds is 5. The molecule has 2 aliphatic rings. The third-order valence-electron chi connectivity index (χ3n) is 4.63. The van der Waals surface area contributed by atoms with Crippen molar-refractivity contribution in [3.8, 4) is 0 Å². The summed E-state index contributed by atoms with van der Waals surface area (Å²) in [7, 11) is 0. The molecule has 1 N–H and O–H groups in total. The second kappa shape index (κ2) is 5.82. The maximum atomic E-state index is 5.23. The molecule has 2 unspecified atom stereocenters. The Morgan fingerprint density at radius 2 is 2.20 bits per heavy atom. The fourth-order valence-corrected chi connectivity index (χ4v) is 3.26. The predicted molar refractivity (Wildman–Crippen MR) is 77.5 cm³/mol. The first-order valence-electron chi connectivity index (χ1n) is 7.90. The van der Waals surface area contributed by atoms with Crippen LogP contribution in [0.4, 0.5) is 0 Å². The number of piperazine rings is 1. The average molecular weight is 278 g/mol. The van der Waals surface area contributed by atoms with Crippen LogP contribution in [0.25, 0.3) is 0 Å². The van der Waals surface area contributed by atoms with Gasteiger partial charge in [0, 0.05) is 38.1 Å². The van der Waals surface area contributed by atoms with Crippen molar-refractivity contribution in [2.24, 2.45) is 11.8 Å². The van der Waals surface area contributed by atoms with Gasteiger partial charge in [-0.15, -0.1) is 0 Å². The van der Waals surface area contributed by atoms with E-state index in [2.05, 4.69) is 34.2 Å². The van der Waals surface area contributed by atoms with E-state index in [1.54, 1.807) is 0 Å². The number of nitrogens with one attached hydrogen (secondary N) is 1. The zero-order valence-electron chi connectivity index (χ0n) is 12.8. The Kier molecular flexibility index (Phi) is 4.08. The topological polar surface area (TPSA) is 54.2 Å². The lowest BCUT2D eigenvalue weighted by atomic mass is 9.97. The van der Waals surface area contributed by atoms with Crippen LogP contribution in [0.1, 0.15) is 38.4 Å². The average Bonchev–Trinajstić information content (AvgIpc) is 3.19. The van der Waals surface area contributed by atoms with E-state index in [0.29, 0.717) is 18.0 Å². The van der Waals surface area contributed by atoms with Crippen LogP contribution in [-0.4, -0.2) is 46.8 Å². The van der Waals surface area contributed by atoms with Crippen LogP contribution in [0.5, 0.6) is 0 Å². The van der Waals surface area contributed by atoms with Crippen molar-refractivity contribution in [3.63, 3.8) is 0 Å². The Bertz CT molecular complexity index is 441. The first-order valence-corrected chi connectivity index (χ1v) is 7.90. The molecule has 1 aliphatic carbocycles. The second-order valence-electron chi connectivity index (χ2n) is 6.64. The minimum absolute atomic E-state index is 0.619. The van der Waals surface area contributed by atoms with E-state index in [1.165, 1.54) is 19.4 Å². The highest BCUT2D eigenvalue weighted by molar-refractivity contribution is 4.96. The Morgan fingerprint density at radius 3 is 2.80 bits per heavy atom. The first-order chi connectivity index (χ1) is 9.63. The monoisotopic (exact) mass is 278 g/mol. The molecule has 0 bridgehead atoms. The van der Waals surface area contributed by atoms with Crippen LogP contribution in [0.15, 0.2) is 4.52 Å². The summed E-state index contributed by atoms with van der Waals surface area (Å²) in [5.74, 6) is 3.09. The number of nitrogens with zero attached hydrogens (tertiary/aromatic N) is 3. The summed E-state index contributed by atoms with van der Waals surface area (Å²) in [4.78, 5) is 6.94. The molecule has 0 amide bonds. The van der Waals surface area contributed by atoms with Crippen molar-refractivity contribution in [1.29, 1.82) is 0 Å². The molecule has 5 heteroatoms. The van der Waals surface area contributed by atoms with Crippen molar-refractivity contribution in [3.05, 3.63) is 11.7 Å². The molecule has 1 saturated heterocycles. The standard InChI is InChI=1S/C15H26N4O/c1-10(2)14-8-16-13(12-4-5-12)9-19(14)7-6-15-17-11(3)18-20-15/h10,12-14,16H,4-9H2,1-3H3. The zero-order chi connectivity index (χ0) is 14.1. The van der Waals surface area contributed by atoms with Crippen molar-refractivity contribution >= 4 is 0 Å². The van der Waals surface area contributed by atoms with Crippen molar-refractivity contribution < 1.29 is 4.52 Å². The second-order valence-corrected chi connectivity index (χ2v) is 6.64. The Balaban J connectivity index is 1.59. The Labute approximate surface area is 121 Å². The molecule has 2 fully saturated rings. The summed E-state index contributed by atoms with van der Waals surface area (Å²) in [5, 5.41) is 7.62. The molecular weight excluding hydrogens is 252 g/mol. The molecule has 0 aromatic carbocycles. The highest BCUT2D eigenvalue weighted by Crippen LogP contribution is 2.34. The quantitative estimate of drug-likeness (QED) is 0.887. The van der Waals surface area contributed by atoms with Gasteiger partial charge in [-0.3, -0.25) is 4.90 Å². The van der Waals surface area contributed by atoms with Gasteiger partial charge in [0.25, 0.3) is 0 Å². The number of aromatic nitrogens is 2.